The molecule has 1 atom stereocenters. The highest BCUT2D eigenvalue weighted by molar-refractivity contribution is 5.95. The third-order valence-electron chi connectivity index (χ3n) is 4.71. The molecular weight excluding hydrogens is 340 g/mol. The maximum absolute atomic E-state index is 12.9. The highest BCUT2D eigenvalue weighted by Gasteiger charge is 2.22. The molecule has 0 spiro atoms. The summed E-state index contributed by atoms with van der Waals surface area (Å²) < 4.78 is 11.5. The molecule has 2 aromatic rings. The normalized spacial score (nSPS) is 14.4. The predicted octanol–water partition coefficient (Wildman–Crippen LogP) is 4.04. The molecule has 5 nitrogen and oxygen atoms in total. The van der Waals surface area contributed by atoms with Crippen LogP contribution >= 0.6 is 0 Å². The van der Waals surface area contributed by atoms with Gasteiger partial charge in [0.2, 0.25) is 0 Å². The van der Waals surface area contributed by atoms with E-state index in [1.54, 1.807) is 0 Å². The van der Waals surface area contributed by atoms with Gasteiger partial charge in [0, 0.05) is 31.8 Å². The van der Waals surface area contributed by atoms with Gasteiger partial charge in [-0.25, -0.2) is 0 Å². The summed E-state index contributed by atoms with van der Waals surface area (Å²) in [7, 11) is 3.93. The largest absolute Gasteiger partial charge is 0.490 e. The minimum atomic E-state index is -0.113. The molecule has 5 heteroatoms. The van der Waals surface area contributed by atoms with Crippen LogP contribution in [0.15, 0.2) is 42.5 Å². The summed E-state index contributed by atoms with van der Waals surface area (Å²) in [6, 6.07) is 13.5. The first-order chi connectivity index (χ1) is 13.0. The molecule has 1 unspecified atom stereocenters. The fraction of sp³-hybridized carbons (Fsp3) is 0.409. The lowest BCUT2D eigenvalue weighted by Crippen LogP contribution is -2.31. The SMILES string of the molecule is CC(C)C(NC(=O)c1cccc(N(C)C)c1)c1ccc2c(c1)OCCCO2. The Labute approximate surface area is 161 Å². The van der Waals surface area contributed by atoms with Crippen molar-refractivity contribution in [1.29, 1.82) is 0 Å². The number of carbonyl (C=O) groups excluding carboxylic acids is 1. The van der Waals surface area contributed by atoms with Gasteiger partial charge in [-0.3, -0.25) is 4.79 Å². The molecule has 3 rings (SSSR count). The van der Waals surface area contributed by atoms with E-state index >= 15 is 0 Å². The van der Waals surface area contributed by atoms with Crippen molar-refractivity contribution in [2.45, 2.75) is 26.3 Å². The van der Waals surface area contributed by atoms with Crippen LogP contribution in [0.4, 0.5) is 5.69 Å². The van der Waals surface area contributed by atoms with Gasteiger partial charge < -0.3 is 19.7 Å². The minimum absolute atomic E-state index is 0.0792. The number of amides is 1. The van der Waals surface area contributed by atoms with Gasteiger partial charge in [-0.05, 0) is 41.8 Å². The Morgan fingerprint density at radius 2 is 1.78 bits per heavy atom. The van der Waals surface area contributed by atoms with Crippen molar-refractivity contribution in [1.82, 2.24) is 5.32 Å². The van der Waals surface area contributed by atoms with Gasteiger partial charge in [0.25, 0.3) is 5.91 Å². The number of fused-ring (bicyclic) bond motifs is 1. The van der Waals surface area contributed by atoms with E-state index in [9.17, 15) is 4.79 Å². The molecule has 2 aromatic carbocycles. The lowest BCUT2D eigenvalue weighted by atomic mass is 9.95. The van der Waals surface area contributed by atoms with Gasteiger partial charge in [0.1, 0.15) is 0 Å². The van der Waals surface area contributed by atoms with Crippen molar-refractivity contribution in [3.05, 3.63) is 53.6 Å². The number of nitrogens with zero attached hydrogens (tertiary/aromatic N) is 1. The first kappa shape index (κ1) is 19.1. The number of hydrogen-bond acceptors (Lipinski definition) is 4. The number of ether oxygens (including phenoxy) is 2. The van der Waals surface area contributed by atoms with Gasteiger partial charge in [0.05, 0.1) is 19.3 Å². The zero-order valence-electron chi connectivity index (χ0n) is 16.5. The molecule has 1 N–H and O–H groups in total. The zero-order chi connectivity index (χ0) is 19.4. The molecule has 1 aliphatic heterocycles. The predicted molar refractivity (Wildman–Crippen MR) is 108 cm³/mol. The Morgan fingerprint density at radius 3 is 2.48 bits per heavy atom. The van der Waals surface area contributed by atoms with Crippen LogP contribution in [0.25, 0.3) is 0 Å². The number of rotatable bonds is 5. The summed E-state index contributed by atoms with van der Waals surface area (Å²) in [6.07, 6.45) is 0.872. The second-order valence-electron chi connectivity index (χ2n) is 7.40. The lowest BCUT2D eigenvalue weighted by Gasteiger charge is -2.24. The molecule has 144 valence electrons. The van der Waals surface area contributed by atoms with Crippen molar-refractivity contribution in [3.63, 3.8) is 0 Å². The molecule has 0 aromatic heterocycles. The molecule has 0 aliphatic carbocycles. The highest BCUT2D eigenvalue weighted by Crippen LogP contribution is 2.34. The highest BCUT2D eigenvalue weighted by atomic mass is 16.5. The Hall–Kier alpha value is -2.69. The Bertz CT molecular complexity index is 802. The maximum atomic E-state index is 12.9. The molecule has 0 saturated heterocycles. The Morgan fingerprint density at radius 1 is 1.04 bits per heavy atom. The van der Waals surface area contributed by atoms with E-state index in [0.29, 0.717) is 18.8 Å². The van der Waals surface area contributed by atoms with E-state index in [0.717, 1.165) is 29.2 Å². The number of anilines is 1. The van der Waals surface area contributed by atoms with Gasteiger partial charge in [-0.2, -0.15) is 0 Å². The average Bonchev–Trinajstić information content (AvgIpc) is 2.90. The number of benzene rings is 2. The third-order valence-corrected chi connectivity index (χ3v) is 4.71. The van der Waals surface area contributed by atoms with E-state index in [2.05, 4.69) is 19.2 Å². The van der Waals surface area contributed by atoms with E-state index in [4.69, 9.17) is 9.47 Å². The molecule has 0 radical (unpaired) electrons. The van der Waals surface area contributed by atoms with Crippen molar-refractivity contribution in [3.8, 4) is 11.5 Å². The van der Waals surface area contributed by atoms with Gasteiger partial charge in [0.15, 0.2) is 11.5 Å². The Kier molecular flexibility index (Phi) is 5.89. The second kappa shape index (κ2) is 8.33. The maximum Gasteiger partial charge on any atom is 0.251 e. The van der Waals surface area contributed by atoms with Crippen LogP contribution in [0.1, 0.15) is 42.2 Å². The van der Waals surface area contributed by atoms with E-state index in [1.165, 1.54) is 0 Å². The summed E-state index contributed by atoms with van der Waals surface area (Å²) in [5.41, 5.74) is 2.67. The fourth-order valence-corrected chi connectivity index (χ4v) is 3.16. The van der Waals surface area contributed by atoms with Crippen LogP contribution in [0.3, 0.4) is 0 Å². The van der Waals surface area contributed by atoms with Gasteiger partial charge in [-0.15, -0.1) is 0 Å². The summed E-state index contributed by atoms with van der Waals surface area (Å²) in [4.78, 5) is 14.9. The van der Waals surface area contributed by atoms with Crippen LogP contribution in [-0.4, -0.2) is 33.2 Å². The molecular formula is C22H28N2O3. The molecule has 1 amide bonds. The minimum Gasteiger partial charge on any atom is -0.490 e. The zero-order valence-corrected chi connectivity index (χ0v) is 16.5. The third kappa shape index (κ3) is 4.54. The Balaban J connectivity index is 1.83. The summed E-state index contributed by atoms with van der Waals surface area (Å²) in [5.74, 6) is 1.67. The molecule has 0 bridgehead atoms. The van der Waals surface area contributed by atoms with Gasteiger partial charge in [-0.1, -0.05) is 26.0 Å². The number of hydrogen-bond donors (Lipinski definition) is 1. The quantitative estimate of drug-likeness (QED) is 0.865. The van der Waals surface area contributed by atoms with Crippen LogP contribution < -0.4 is 19.7 Å². The first-order valence-corrected chi connectivity index (χ1v) is 9.43. The van der Waals surface area contributed by atoms with Crippen molar-refractivity contribution < 1.29 is 14.3 Å². The monoisotopic (exact) mass is 368 g/mol. The van der Waals surface area contributed by atoms with E-state index in [1.807, 2.05) is 61.5 Å². The van der Waals surface area contributed by atoms with Gasteiger partial charge >= 0.3 is 0 Å². The molecule has 1 aliphatic rings. The summed E-state index contributed by atoms with van der Waals surface area (Å²) >= 11 is 0. The smallest absolute Gasteiger partial charge is 0.251 e. The molecule has 1 heterocycles. The number of carbonyl (C=O) groups is 1. The van der Waals surface area contributed by atoms with Crippen molar-refractivity contribution in [2.24, 2.45) is 5.92 Å². The van der Waals surface area contributed by atoms with Crippen molar-refractivity contribution in [2.75, 3.05) is 32.2 Å². The lowest BCUT2D eigenvalue weighted by molar-refractivity contribution is 0.0925. The van der Waals surface area contributed by atoms with E-state index in [-0.39, 0.29) is 17.9 Å². The summed E-state index contributed by atoms with van der Waals surface area (Å²) in [5, 5.41) is 3.18. The van der Waals surface area contributed by atoms with Crippen LogP contribution in [0, 0.1) is 5.92 Å². The topological polar surface area (TPSA) is 50.8 Å². The molecule has 0 fully saturated rings. The van der Waals surface area contributed by atoms with Crippen LogP contribution in [0.2, 0.25) is 0 Å². The molecule has 27 heavy (non-hydrogen) atoms. The average molecular weight is 368 g/mol. The van der Waals surface area contributed by atoms with Crippen LogP contribution in [0.5, 0.6) is 11.5 Å². The van der Waals surface area contributed by atoms with Crippen molar-refractivity contribution >= 4 is 11.6 Å². The fourth-order valence-electron chi connectivity index (χ4n) is 3.16. The van der Waals surface area contributed by atoms with E-state index < -0.39 is 0 Å². The number of nitrogens with one attached hydrogen (secondary N) is 1. The summed E-state index contributed by atoms with van der Waals surface area (Å²) in [6.45, 7) is 5.51. The molecule has 0 saturated carbocycles. The standard InChI is InChI=1S/C22H28N2O3/c1-15(2)21(16-9-10-19-20(14-16)27-12-6-11-26-19)23-22(25)17-7-5-8-18(13-17)24(3)4/h5,7-10,13-15,21H,6,11-12H2,1-4H3,(H,23,25). The first-order valence-electron chi connectivity index (χ1n) is 9.43. The van der Waals surface area contributed by atoms with Crippen LogP contribution in [-0.2, 0) is 0 Å². The second-order valence-corrected chi connectivity index (χ2v) is 7.40.